The summed E-state index contributed by atoms with van der Waals surface area (Å²) < 4.78 is 10.6. The van der Waals surface area contributed by atoms with Crippen LogP contribution in [-0.4, -0.2) is 48.8 Å². The van der Waals surface area contributed by atoms with Crippen molar-refractivity contribution < 1.29 is 19.2 Å². The molecule has 11 nitrogen and oxygen atoms in total. The molecule has 0 spiro atoms. The second-order valence-electron chi connectivity index (χ2n) is 7.78. The zero-order valence-electron chi connectivity index (χ0n) is 19.1. The van der Waals surface area contributed by atoms with Crippen LogP contribution in [0.5, 0.6) is 5.88 Å². The Morgan fingerprint density at radius 3 is 2.79 bits per heavy atom. The third kappa shape index (κ3) is 6.26. The van der Waals surface area contributed by atoms with E-state index in [4.69, 9.17) is 9.47 Å². The van der Waals surface area contributed by atoms with Crippen LogP contribution in [0.4, 0.5) is 11.4 Å². The number of pyridine rings is 1. The number of nitrogens with zero attached hydrogens (tertiary/aromatic N) is 5. The fraction of sp³-hybridized carbons (Fsp3) is 0.391. The Labute approximate surface area is 197 Å². The number of nitro benzene ring substituents is 1. The summed E-state index contributed by atoms with van der Waals surface area (Å²) in [6.07, 6.45) is 4.63. The number of aryl methyl sites for hydroxylation is 1. The van der Waals surface area contributed by atoms with E-state index in [9.17, 15) is 20.2 Å². The van der Waals surface area contributed by atoms with E-state index in [0.29, 0.717) is 16.8 Å². The molecule has 1 aromatic heterocycles. The lowest BCUT2D eigenvalue weighted by atomic mass is 10.1. The predicted octanol–water partition coefficient (Wildman–Crippen LogP) is 2.84. The molecule has 0 unspecified atom stereocenters. The maximum Gasteiger partial charge on any atom is 0.278 e. The number of benzene rings is 1. The molecule has 0 bridgehead atoms. The molecule has 0 radical (unpaired) electrons. The van der Waals surface area contributed by atoms with Crippen molar-refractivity contribution in [2.75, 3.05) is 31.7 Å². The molecule has 1 N–H and O–H groups in total. The maximum absolute atomic E-state index is 12.3. The number of hydrogen-bond donors (Lipinski definition) is 1. The number of hydrogen-bond acceptors (Lipinski definition) is 9. The van der Waals surface area contributed by atoms with Crippen LogP contribution in [0.15, 0.2) is 29.4 Å². The smallest absolute Gasteiger partial charge is 0.278 e. The highest BCUT2D eigenvalue weighted by Crippen LogP contribution is 2.27. The van der Waals surface area contributed by atoms with Crippen molar-refractivity contribution >= 4 is 23.5 Å². The Hall–Kier alpha value is -4.04. The summed E-state index contributed by atoms with van der Waals surface area (Å²) in [7, 11) is 1.51. The van der Waals surface area contributed by atoms with Crippen LogP contribution in [0, 0.1) is 28.4 Å². The number of hydrazone groups is 1. The van der Waals surface area contributed by atoms with Crippen molar-refractivity contribution in [3.05, 3.63) is 56.8 Å². The number of non-ortho nitro benzene ring substituents is 1. The lowest BCUT2D eigenvalue weighted by Crippen LogP contribution is -2.30. The largest absolute Gasteiger partial charge is 0.467 e. The van der Waals surface area contributed by atoms with Gasteiger partial charge >= 0.3 is 0 Å². The number of ether oxygens (including phenoxy) is 2. The van der Waals surface area contributed by atoms with Crippen molar-refractivity contribution in [1.29, 1.82) is 5.26 Å². The van der Waals surface area contributed by atoms with E-state index in [1.165, 1.54) is 25.5 Å². The van der Waals surface area contributed by atoms with Gasteiger partial charge < -0.3 is 14.4 Å². The molecule has 2 aromatic rings. The first kappa shape index (κ1) is 24.6. The Bertz CT molecular complexity index is 1120. The molecule has 1 aromatic carbocycles. The Balaban J connectivity index is 1.69. The zero-order chi connectivity index (χ0) is 24.5. The standard InChI is InChI=1S/C23H26N6O5/c1-16-10-18(14-33-2)20(12-24)23(26-16)34-15-22(30)27-25-13-17-11-19(29(31)32)6-7-21(17)28-8-4-3-5-9-28/h6-7,10-11,13H,3-5,8-9,14-15H2,1-2H3,(H,27,30)/b25-13-. The molecule has 0 aliphatic carbocycles. The van der Waals surface area contributed by atoms with Crippen LogP contribution in [0.3, 0.4) is 0 Å². The first-order chi connectivity index (χ1) is 16.4. The molecule has 1 aliphatic rings. The zero-order valence-corrected chi connectivity index (χ0v) is 19.1. The minimum atomic E-state index is -0.568. The second kappa shape index (κ2) is 11.7. The summed E-state index contributed by atoms with van der Waals surface area (Å²) in [5, 5.41) is 24.6. The molecule has 2 heterocycles. The number of amides is 1. The van der Waals surface area contributed by atoms with E-state index in [2.05, 4.69) is 20.4 Å². The average Bonchev–Trinajstić information content (AvgIpc) is 2.83. The van der Waals surface area contributed by atoms with E-state index in [-0.39, 0.29) is 23.7 Å². The highest BCUT2D eigenvalue weighted by molar-refractivity contribution is 5.90. The van der Waals surface area contributed by atoms with Crippen LogP contribution < -0.4 is 15.1 Å². The molecular weight excluding hydrogens is 440 g/mol. The van der Waals surface area contributed by atoms with Crippen LogP contribution in [0.1, 0.15) is 41.6 Å². The molecule has 1 saturated heterocycles. The number of methoxy groups -OCH3 is 1. The van der Waals surface area contributed by atoms with Crippen LogP contribution in [0.2, 0.25) is 0 Å². The van der Waals surface area contributed by atoms with Crippen molar-refractivity contribution in [3.8, 4) is 11.9 Å². The van der Waals surface area contributed by atoms with Gasteiger partial charge in [-0.1, -0.05) is 0 Å². The number of carbonyl (C=O) groups is 1. The number of anilines is 1. The number of nitro groups is 1. The summed E-state index contributed by atoms with van der Waals surface area (Å²) in [5.41, 5.74) is 5.09. The lowest BCUT2D eigenvalue weighted by molar-refractivity contribution is -0.384. The molecule has 1 amide bonds. The molecule has 1 fully saturated rings. The van der Waals surface area contributed by atoms with E-state index in [1.54, 1.807) is 19.1 Å². The SMILES string of the molecule is COCc1cc(C)nc(OCC(=O)N/N=C\c2cc([N+](=O)[O-])ccc2N2CCCCC2)c1C#N. The number of nitrogens with one attached hydrogen (secondary N) is 1. The summed E-state index contributed by atoms with van der Waals surface area (Å²) in [4.78, 5) is 29.3. The number of aromatic nitrogens is 1. The molecule has 0 atom stereocenters. The van der Waals surface area contributed by atoms with E-state index < -0.39 is 17.4 Å². The summed E-state index contributed by atoms with van der Waals surface area (Å²) in [6, 6.07) is 8.36. The summed E-state index contributed by atoms with van der Waals surface area (Å²) in [6.45, 7) is 3.25. The van der Waals surface area contributed by atoms with Crippen molar-refractivity contribution in [3.63, 3.8) is 0 Å². The number of nitriles is 1. The lowest BCUT2D eigenvalue weighted by Gasteiger charge is -2.29. The topological polar surface area (TPSA) is 143 Å². The Morgan fingerprint density at radius 2 is 2.12 bits per heavy atom. The fourth-order valence-electron chi connectivity index (χ4n) is 3.73. The summed E-state index contributed by atoms with van der Waals surface area (Å²) in [5.74, 6) is -0.526. The van der Waals surface area contributed by atoms with Gasteiger partial charge in [0.25, 0.3) is 11.6 Å². The third-order valence-corrected chi connectivity index (χ3v) is 5.26. The second-order valence-corrected chi connectivity index (χ2v) is 7.78. The van der Waals surface area contributed by atoms with Gasteiger partial charge in [-0.25, -0.2) is 10.4 Å². The minimum Gasteiger partial charge on any atom is -0.467 e. The van der Waals surface area contributed by atoms with Gasteiger partial charge in [-0.15, -0.1) is 0 Å². The summed E-state index contributed by atoms with van der Waals surface area (Å²) >= 11 is 0. The molecule has 34 heavy (non-hydrogen) atoms. The first-order valence-electron chi connectivity index (χ1n) is 10.8. The van der Waals surface area contributed by atoms with Crippen molar-refractivity contribution in [1.82, 2.24) is 10.4 Å². The van der Waals surface area contributed by atoms with Crippen LogP contribution >= 0.6 is 0 Å². The average molecular weight is 466 g/mol. The Kier molecular flexibility index (Phi) is 8.48. The highest BCUT2D eigenvalue weighted by atomic mass is 16.6. The van der Waals surface area contributed by atoms with E-state index >= 15 is 0 Å². The van der Waals surface area contributed by atoms with Crippen LogP contribution in [-0.2, 0) is 16.1 Å². The fourth-order valence-corrected chi connectivity index (χ4v) is 3.73. The van der Waals surface area contributed by atoms with Crippen molar-refractivity contribution in [2.24, 2.45) is 5.10 Å². The van der Waals surface area contributed by atoms with Crippen LogP contribution in [0.25, 0.3) is 0 Å². The minimum absolute atomic E-state index is 0.0414. The number of carbonyl (C=O) groups excluding carboxylic acids is 1. The van der Waals surface area contributed by atoms with Gasteiger partial charge in [0.1, 0.15) is 11.6 Å². The van der Waals surface area contributed by atoms with E-state index in [0.717, 1.165) is 38.0 Å². The van der Waals surface area contributed by atoms with Gasteiger partial charge in [-0.3, -0.25) is 14.9 Å². The molecule has 0 saturated carbocycles. The van der Waals surface area contributed by atoms with Gasteiger partial charge in [0.15, 0.2) is 6.61 Å². The molecule has 11 heteroatoms. The monoisotopic (exact) mass is 466 g/mol. The maximum atomic E-state index is 12.3. The number of rotatable bonds is 9. The van der Waals surface area contributed by atoms with E-state index in [1.807, 2.05) is 6.07 Å². The number of piperidine rings is 1. The third-order valence-electron chi connectivity index (χ3n) is 5.26. The Morgan fingerprint density at radius 1 is 1.35 bits per heavy atom. The molecular formula is C23H26N6O5. The van der Waals surface area contributed by atoms with Gasteiger partial charge in [0.2, 0.25) is 5.88 Å². The van der Waals surface area contributed by atoms with Gasteiger partial charge in [0, 0.05) is 54.8 Å². The highest BCUT2D eigenvalue weighted by Gasteiger charge is 2.17. The molecule has 1 aliphatic heterocycles. The molecule has 3 rings (SSSR count). The van der Waals surface area contributed by atoms with Gasteiger partial charge in [-0.05, 0) is 38.3 Å². The normalized spacial score (nSPS) is 13.5. The predicted molar refractivity (Wildman–Crippen MR) is 125 cm³/mol. The van der Waals surface area contributed by atoms with Gasteiger partial charge in [-0.2, -0.15) is 10.4 Å². The van der Waals surface area contributed by atoms with Gasteiger partial charge in [0.05, 0.1) is 17.7 Å². The molecule has 178 valence electrons. The quantitative estimate of drug-likeness (QED) is 0.338. The first-order valence-corrected chi connectivity index (χ1v) is 10.8. The van der Waals surface area contributed by atoms with Crippen molar-refractivity contribution in [2.45, 2.75) is 32.8 Å².